The van der Waals surface area contributed by atoms with Crippen LogP contribution in [-0.2, 0) is 14.9 Å². The van der Waals surface area contributed by atoms with Crippen molar-refractivity contribution < 1.29 is 14.5 Å². The molecule has 0 N–H and O–H groups in total. The number of non-ortho nitro benzene ring substituents is 1. The van der Waals surface area contributed by atoms with Crippen LogP contribution in [-0.4, -0.2) is 16.8 Å². The van der Waals surface area contributed by atoms with E-state index in [9.17, 15) is 14.9 Å². The van der Waals surface area contributed by atoms with E-state index in [1.807, 2.05) is 24.3 Å². The van der Waals surface area contributed by atoms with E-state index >= 15 is 0 Å². The van der Waals surface area contributed by atoms with Gasteiger partial charge in [0.1, 0.15) is 0 Å². The maximum Gasteiger partial charge on any atom is 0.363 e. The Morgan fingerprint density at radius 1 is 1.15 bits per heavy atom. The Hall–Kier alpha value is -2.99. The zero-order valence-corrected chi connectivity index (χ0v) is 15.8. The molecule has 1 heterocycles. The highest BCUT2D eigenvalue weighted by molar-refractivity contribution is 6.34. The fraction of sp³-hybridized carbons (Fsp3) is 0.200. The summed E-state index contributed by atoms with van der Waals surface area (Å²) >= 11 is 6.08. The lowest BCUT2D eigenvalue weighted by molar-refractivity contribution is -0.384. The molecule has 0 saturated carbocycles. The van der Waals surface area contributed by atoms with E-state index in [0.29, 0.717) is 0 Å². The summed E-state index contributed by atoms with van der Waals surface area (Å²) in [5, 5.41) is 11.2. The second-order valence-corrected chi connectivity index (χ2v) is 7.54. The lowest BCUT2D eigenvalue weighted by atomic mass is 9.87. The number of hydrogen-bond acceptors (Lipinski definition) is 5. The first-order chi connectivity index (χ1) is 12.6. The fourth-order valence-electron chi connectivity index (χ4n) is 2.55. The number of nitro benzene ring substituents is 1. The zero-order valence-electron chi connectivity index (χ0n) is 15.0. The highest BCUT2D eigenvalue weighted by atomic mass is 35.5. The van der Waals surface area contributed by atoms with Gasteiger partial charge in [0.25, 0.3) is 5.69 Å². The lowest BCUT2D eigenvalue weighted by Crippen LogP contribution is -2.10. The van der Waals surface area contributed by atoms with Crippen LogP contribution in [0.25, 0.3) is 6.08 Å². The van der Waals surface area contributed by atoms with E-state index in [-0.39, 0.29) is 33.3 Å². The van der Waals surface area contributed by atoms with Crippen LogP contribution in [0.5, 0.6) is 0 Å². The van der Waals surface area contributed by atoms with Gasteiger partial charge in [-0.1, -0.05) is 56.6 Å². The number of esters is 1. The number of rotatable bonds is 3. The number of ether oxygens (including phenoxy) is 1. The number of carbonyl (C=O) groups is 1. The zero-order chi connectivity index (χ0) is 19.8. The van der Waals surface area contributed by atoms with Crippen molar-refractivity contribution >= 4 is 35.2 Å². The summed E-state index contributed by atoms with van der Waals surface area (Å²) in [6, 6.07) is 11.7. The van der Waals surface area contributed by atoms with Gasteiger partial charge >= 0.3 is 5.97 Å². The Morgan fingerprint density at radius 2 is 1.81 bits per heavy atom. The number of cyclic esters (lactones) is 1. The average molecular weight is 385 g/mol. The fourth-order valence-corrected chi connectivity index (χ4v) is 2.75. The summed E-state index contributed by atoms with van der Waals surface area (Å²) in [6.07, 6.45) is 1.60. The number of halogens is 1. The van der Waals surface area contributed by atoms with Crippen molar-refractivity contribution in [1.29, 1.82) is 0 Å². The van der Waals surface area contributed by atoms with E-state index in [0.717, 1.165) is 5.56 Å². The molecule has 0 aliphatic carbocycles. The van der Waals surface area contributed by atoms with Gasteiger partial charge in [-0.2, -0.15) is 0 Å². The monoisotopic (exact) mass is 384 g/mol. The van der Waals surface area contributed by atoms with Gasteiger partial charge in [0.05, 0.1) is 15.5 Å². The summed E-state index contributed by atoms with van der Waals surface area (Å²) in [5.41, 5.74) is 2.14. The molecule has 3 rings (SSSR count). The topological polar surface area (TPSA) is 81.8 Å². The highest BCUT2D eigenvalue weighted by Gasteiger charge is 2.27. The van der Waals surface area contributed by atoms with E-state index in [2.05, 4.69) is 25.8 Å². The predicted molar refractivity (Wildman–Crippen MR) is 104 cm³/mol. The normalized spacial score (nSPS) is 15.6. The molecule has 2 aromatic carbocycles. The summed E-state index contributed by atoms with van der Waals surface area (Å²) in [5.74, 6) is -0.682. The van der Waals surface area contributed by atoms with Gasteiger partial charge in [0.2, 0.25) is 5.90 Å². The molecule has 0 unspecified atom stereocenters. The molecule has 1 aliphatic rings. The standard InChI is InChI=1S/C20H17ClN2O4/c1-20(2,3)13-6-4-12(5-7-13)10-17-19(24)27-18(22-17)15-11-14(23(25)26)8-9-16(15)21/h4-11H,1-3H3/b17-10-. The minimum Gasteiger partial charge on any atom is -0.402 e. The molecule has 0 amide bonds. The maximum atomic E-state index is 12.1. The molecule has 0 fully saturated rings. The number of hydrogen-bond donors (Lipinski definition) is 0. The maximum absolute atomic E-state index is 12.1. The molecule has 0 aromatic heterocycles. The second kappa shape index (κ2) is 6.96. The average Bonchev–Trinajstić information content (AvgIpc) is 2.95. The molecule has 0 spiro atoms. The first-order valence-electron chi connectivity index (χ1n) is 8.22. The Morgan fingerprint density at radius 3 is 2.41 bits per heavy atom. The van der Waals surface area contributed by atoms with Crippen LogP contribution in [0.1, 0.15) is 37.5 Å². The van der Waals surface area contributed by atoms with Crippen molar-refractivity contribution in [3.63, 3.8) is 0 Å². The van der Waals surface area contributed by atoms with Gasteiger partial charge in [-0.05, 0) is 28.7 Å². The van der Waals surface area contributed by atoms with Crippen LogP contribution in [0.3, 0.4) is 0 Å². The van der Waals surface area contributed by atoms with Gasteiger partial charge in [-0.25, -0.2) is 9.79 Å². The first kappa shape index (κ1) is 18.8. The third kappa shape index (κ3) is 4.06. The Balaban J connectivity index is 1.94. The van der Waals surface area contributed by atoms with Crippen LogP contribution in [0, 0.1) is 10.1 Å². The van der Waals surface area contributed by atoms with Gasteiger partial charge in [-0.15, -0.1) is 0 Å². The van der Waals surface area contributed by atoms with Gasteiger partial charge in [0, 0.05) is 12.1 Å². The molecular formula is C20H17ClN2O4. The molecule has 1 aliphatic heterocycles. The van der Waals surface area contributed by atoms with E-state index in [1.54, 1.807) is 6.08 Å². The molecule has 6 nitrogen and oxygen atoms in total. The third-order valence-corrected chi connectivity index (χ3v) is 4.42. The van der Waals surface area contributed by atoms with Crippen molar-refractivity contribution in [2.75, 3.05) is 0 Å². The van der Waals surface area contributed by atoms with Gasteiger partial charge in [-0.3, -0.25) is 10.1 Å². The Labute approximate surface area is 161 Å². The van der Waals surface area contributed by atoms with Crippen LogP contribution in [0.4, 0.5) is 5.69 Å². The molecule has 0 atom stereocenters. The van der Waals surface area contributed by atoms with Crippen molar-refractivity contribution in [1.82, 2.24) is 0 Å². The van der Waals surface area contributed by atoms with Gasteiger partial charge < -0.3 is 4.74 Å². The third-order valence-electron chi connectivity index (χ3n) is 4.09. The summed E-state index contributed by atoms with van der Waals surface area (Å²) in [7, 11) is 0. The summed E-state index contributed by atoms with van der Waals surface area (Å²) < 4.78 is 5.16. The number of nitro groups is 1. The largest absolute Gasteiger partial charge is 0.402 e. The minimum atomic E-state index is -0.632. The molecule has 7 heteroatoms. The van der Waals surface area contributed by atoms with Gasteiger partial charge in [0.15, 0.2) is 5.70 Å². The Kier molecular flexibility index (Phi) is 4.85. The van der Waals surface area contributed by atoms with Crippen molar-refractivity contribution in [3.8, 4) is 0 Å². The second-order valence-electron chi connectivity index (χ2n) is 7.13. The number of aliphatic imine (C=N–C) groups is 1. The number of nitrogens with zero attached hydrogens (tertiary/aromatic N) is 2. The Bertz CT molecular complexity index is 986. The van der Waals surface area contributed by atoms with E-state index in [1.165, 1.54) is 23.8 Å². The van der Waals surface area contributed by atoms with Crippen LogP contribution >= 0.6 is 11.6 Å². The molecule has 0 radical (unpaired) electrons. The molecular weight excluding hydrogens is 368 g/mol. The van der Waals surface area contributed by atoms with Crippen molar-refractivity contribution in [2.24, 2.45) is 4.99 Å². The van der Waals surface area contributed by atoms with Crippen LogP contribution < -0.4 is 0 Å². The lowest BCUT2D eigenvalue weighted by Gasteiger charge is -2.18. The van der Waals surface area contributed by atoms with Crippen molar-refractivity contribution in [2.45, 2.75) is 26.2 Å². The van der Waals surface area contributed by atoms with E-state index in [4.69, 9.17) is 16.3 Å². The van der Waals surface area contributed by atoms with E-state index < -0.39 is 10.9 Å². The summed E-state index contributed by atoms with van der Waals surface area (Å²) in [6.45, 7) is 6.36. The molecule has 2 aromatic rings. The highest BCUT2D eigenvalue weighted by Crippen LogP contribution is 2.28. The van der Waals surface area contributed by atoms with Crippen LogP contribution in [0.2, 0.25) is 5.02 Å². The molecule has 0 saturated heterocycles. The van der Waals surface area contributed by atoms with Crippen molar-refractivity contribution in [3.05, 3.63) is 80.0 Å². The summed E-state index contributed by atoms with van der Waals surface area (Å²) in [4.78, 5) is 26.7. The molecule has 0 bridgehead atoms. The quantitative estimate of drug-likeness (QED) is 0.326. The smallest absolute Gasteiger partial charge is 0.363 e. The number of benzene rings is 2. The molecule has 27 heavy (non-hydrogen) atoms. The SMILES string of the molecule is CC(C)(C)c1ccc(/C=C2\N=C(c3cc([N+](=O)[O-])ccc3Cl)OC2=O)cc1. The number of carbonyl (C=O) groups excluding carboxylic acids is 1. The minimum absolute atomic E-state index is 0.0298. The predicted octanol–water partition coefficient (Wildman–Crippen LogP) is 4.89. The van der Waals surface area contributed by atoms with Crippen LogP contribution in [0.15, 0.2) is 53.2 Å². The molecule has 138 valence electrons. The first-order valence-corrected chi connectivity index (χ1v) is 8.60.